The molecule has 0 atom stereocenters. The Morgan fingerprint density at radius 1 is 1.42 bits per heavy atom. The lowest BCUT2D eigenvalue weighted by molar-refractivity contribution is -0.384. The molecule has 0 aromatic heterocycles. The summed E-state index contributed by atoms with van der Waals surface area (Å²) < 4.78 is 26.0. The minimum Gasteiger partial charge on any atom is -0.397 e. The molecule has 1 aromatic carbocycles. The quantitative estimate of drug-likeness (QED) is 0.503. The second-order valence-electron chi connectivity index (χ2n) is 4.28. The third-order valence-corrected chi connectivity index (χ3v) is 4.90. The average molecular weight is 287 g/mol. The highest BCUT2D eigenvalue weighted by Crippen LogP contribution is 2.27. The molecule has 0 amide bonds. The van der Waals surface area contributed by atoms with Gasteiger partial charge in [0.15, 0.2) is 0 Å². The van der Waals surface area contributed by atoms with Crippen molar-refractivity contribution in [2.45, 2.75) is 31.7 Å². The van der Waals surface area contributed by atoms with Crippen molar-refractivity contribution in [2.75, 3.05) is 12.3 Å². The number of sulfonamides is 1. The van der Waals surface area contributed by atoms with Crippen LogP contribution in [-0.4, -0.2) is 30.2 Å². The predicted molar refractivity (Wildman–Crippen MR) is 72.2 cm³/mol. The van der Waals surface area contributed by atoms with Gasteiger partial charge in [0.1, 0.15) is 4.90 Å². The first-order chi connectivity index (χ1) is 8.71. The van der Waals surface area contributed by atoms with Gasteiger partial charge in [-0.3, -0.25) is 10.1 Å². The monoisotopic (exact) mass is 287 g/mol. The molecule has 0 aliphatic carbocycles. The molecule has 0 saturated carbocycles. The largest absolute Gasteiger partial charge is 0.397 e. The zero-order valence-electron chi connectivity index (χ0n) is 11.0. The highest BCUT2D eigenvalue weighted by Gasteiger charge is 2.28. The molecule has 1 aromatic rings. The fourth-order valence-electron chi connectivity index (χ4n) is 1.82. The molecule has 0 aliphatic heterocycles. The van der Waals surface area contributed by atoms with E-state index in [1.54, 1.807) is 20.8 Å². The number of nitro benzene ring substituents is 1. The van der Waals surface area contributed by atoms with Crippen molar-refractivity contribution >= 4 is 21.4 Å². The maximum absolute atomic E-state index is 12.4. The summed E-state index contributed by atoms with van der Waals surface area (Å²) in [5.74, 6) is 0. The van der Waals surface area contributed by atoms with Crippen molar-refractivity contribution < 1.29 is 13.3 Å². The van der Waals surface area contributed by atoms with E-state index in [0.29, 0.717) is 6.54 Å². The molecule has 0 unspecified atom stereocenters. The average Bonchev–Trinajstić information content (AvgIpc) is 2.28. The summed E-state index contributed by atoms with van der Waals surface area (Å²) in [6.07, 6.45) is 0. The molecule has 0 bridgehead atoms. The van der Waals surface area contributed by atoms with E-state index in [1.165, 1.54) is 10.4 Å². The molecule has 0 radical (unpaired) electrons. The lowest BCUT2D eigenvalue weighted by Gasteiger charge is -2.24. The maximum Gasteiger partial charge on any atom is 0.271 e. The summed E-state index contributed by atoms with van der Waals surface area (Å²) in [6, 6.07) is 3.15. The zero-order valence-corrected chi connectivity index (χ0v) is 11.8. The number of hydrogen-bond donors (Lipinski definition) is 1. The van der Waals surface area contributed by atoms with Gasteiger partial charge in [0, 0.05) is 24.7 Å². The topological polar surface area (TPSA) is 107 Å². The number of rotatable bonds is 5. The number of nitrogens with two attached hydrogens (primary N) is 1. The first kappa shape index (κ1) is 15.4. The lowest BCUT2D eigenvalue weighted by atomic mass is 10.3. The maximum atomic E-state index is 12.4. The predicted octanol–water partition coefficient (Wildman–Crippen LogP) is 1.60. The van der Waals surface area contributed by atoms with Crippen LogP contribution in [0.3, 0.4) is 0 Å². The summed E-state index contributed by atoms with van der Waals surface area (Å²) in [5, 5.41) is 10.6. The number of hydrogen-bond acceptors (Lipinski definition) is 5. The smallest absolute Gasteiger partial charge is 0.271 e. The molecule has 1 rings (SSSR count). The Kier molecular flexibility index (Phi) is 4.48. The minimum absolute atomic E-state index is 0.103. The first-order valence-electron chi connectivity index (χ1n) is 5.77. The Labute approximate surface area is 112 Å². The van der Waals surface area contributed by atoms with Crippen molar-refractivity contribution in [1.29, 1.82) is 0 Å². The van der Waals surface area contributed by atoms with Gasteiger partial charge in [0.2, 0.25) is 10.0 Å². The fourth-order valence-corrected chi connectivity index (χ4v) is 3.57. The van der Waals surface area contributed by atoms with Gasteiger partial charge in [-0.2, -0.15) is 4.31 Å². The SMILES string of the molecule is CCN(C(C)C)S(=O)(=O)c1ccc([N+](=O)[O-])cc1N. The van der Waals surface area contributed by atoms with Crippen LogP contribution in [-0.2, 0) is 10.0 Å². The minimum atomic E-state index is -3.74. The number of nitro groups is 1. The van der Waals surface area contributed by atoms with Gasteiger partial charge in [0.05, 0.1) is 10.6 Å². The van der Waals surface area contributed by atoms with Crippen LogP contribution in [0.2, 0.25) is 0 Å². The van der Waals surface area contributed by atoms with Crippen molar-refractivity contribution in [3.05, 3.63) is 28.3 Å². The standard InChI is InChI=1S/C11H17N3O4S/c1-4-13(8(2)3)19(17,18)11-6-5-9(14(15)16)7-10(11)12/h5-8H,4,12H2,1-3H3. The van der Waals surface area contributed by atoms with E-state index >= 15 is 0 Å². The van der Waals surface area contributed by atoms with E-state index in [9.17, 15) is 18.5 Å². The summed E-state index contributed by atoms with van der Waals surface area (Å²) in [7, 11) is -3.74. The van der Waals surface area contributed by atoms with E-state index in [0.717, 1.165) is 12.1 Å². The van der Waals surface area contributed by atoms with Crippen molar-refractivity contribution in [3.63, 3.8) is 0 Å². The van der Waals surface area contributed by atoms with Gasteiger partial charge in [-0.1, -0.05) is 6.92 Å². The lowest BCUT2D eigenvalue weighted by Crippen LogP contribution is -2.37. The van der Waals surface area contributed by atoms with E-state index < -0.39 is 14.9 Å². The van der Waals surface area contributed by atoms with Gasteiger partial charge in [-0.25, -0.2) is 8.42 Å². The highest BCUT2D eigenvalue weighted by atomic mass is 32.2. The van der Waals surface area contributed by atoms with E-state index in [1.807, 2.05) is 0 Å². The van der Waals surface area contributed by atoms with Crippen LogP contribution in [0, 0.1) is 10.1 Å². The third-order valence-electron chi connectivity index (χ3n) is 2.68. The summed E-state index contributed by atoms with van der Waals surface area (Å²) in [6.45, 7) is 5.53. The highest BCUT2D eigenvalue weighted by molar-refractivity contribution is 7.89. The number of nitrogens with zero attached hydrogens (tertiary/aromatic N) is 2. The van der Waals surface area contributed by atoms with E-state index in [-0.39, 0.29) is 22.3 Å². The summed E-state index contributed by atoms with van der Waals surface area (Å²) >= 11 is 0. The Morgan fingerprint density at radius 2 is 2.00 bits per heavy atom. The van der Waals surface area contributed by atoms with Crippen LogP contribution < -0.4 is 5.73 Å². The molecule has 0 aliphatic rings. The van der Waals surface area contributed by atoms with Gasteiger partial charge in [0.25, 0.3) is 5.69 Å². The van der Waals surface area contributed by atoms with Gasteiger partial charge in [-0.15, -0.1) is 0 Å². The molecule has 7 nitrogen and oxygen atoms in total. The Hall–Kier alpha value is -1.67. The molecule has 8 heteroatoms. The zero-order chi connectivity index (χ0) is 14.8. The summed E-state index contributed by atoms with van der Waals surface area (Å²) in [5.41, 5.74) is 5.28. The van der Waals surface area contributed by atoms with Crippen LogP contribution in [0.15, 0.2) is 23.1 Å². The van der Waals surface area contributed by atoms with Crippen molar-refractivity contribution in [3.8, 4) is 0 Å². The number of benzene rings is 1. The van der Waals surface area contributed by atoms with Crippen LogP contribution in [0.1, 0.15) is 20.8 Å². The Bertz CT molecular complexity index is 584. The molecular weight excluding hydrogens is 270 g/mol. The Morgan fingerprint density at radius 3 is 2.37 bits per heavy atom. The summed E-state index contributed by atoms with van der Waals surface area (Å²) in [4.78, 5) is 9.88. The van der Waals surface area contributed by atoms with E-state index in [2.05, 4.69) is 0 Å². The molecule has 0 heterocycles. The van der Waals surface area contributed by atoms with Crippen molar-refractivity contribution in [1.82, 2.24) is 4.31 Å². The number of nitrogen functional groups attached to an aromatic ring is 1. The van der Waals surface area contributed by atoms with Gasteiger partial charge >= 0.3 is 0 Å². The van der Waals surface area contributed by atoms with E-state index in [4.69, 9.17) is 5.73 Å². The molecule has 0 fully saturated rings. The van der Waals surface area contributed by atoms with Crippen molar-refractivity contribution in [2.24, 2.45) is 0 Å². The Balaban J connectivity index is 3.33. The first-order valence-corrected chi connectivity index (χ1v) is 7.21. The molecular formula is C11H17N3O4S. The number of non-ortho nitro benzene ring substituents is 1. The second-order valence-corrected chi connectivity index (χ2v) is 6.14. The third kappa shape index (κ3) is 3.02. The van der Waals surface area contributed by atoms with Crippen LogP contribution >= 0.6 is 0 Å². The molecule has 106 valence electrons. The molecule has 0 spiro atoms. The van der Waals surface area contributed by atoms with Crippen LogP contribution in [0.5, 0.6) is 0 Å². The molecule has 0 saturated heterocycles. The van der Waals surface area contributed by atoms with Gasteiger partial charge < -0.3 is 5.73 Å². The fraction of sp³-hybridized carbons (Fsp3) is 0.455. The number of anilines is 1. The molecule has 2 N–H and O–H groups in total. The normalized spacial score (nSPS) is 12.1. The van der Waals surface area contributed by atoms with Crippen LogP contribution in [0.25, 0.3) is 0 Å². The second kappa shape index (κ2) is 5.54. The van der Waals surface area contributed by atoms with Gasteiger partial charge in [-0.05, 0) is 19.9 Å². The molecule has 19 heavy (non-hydrogen) atoms. The van der Waals surface area contributed by atoms with Crippen LogP contribution in [0.4, 0.5) is 11.4 Å².